The summed E-state index contributed by atoms with van der Waals surface area (Å²) in [7, 11) is 0. The van der Waals surface area contributed by atoms with Crippen molar-refractivity contribution in [2.24, 2.45) is 11.8 Å². The van der Waals surface area contributed by atoms with Gasteiger partial charge in [0.15, 0.2) is 5.76 Å². The molecule has 0 saturated carbocycles. The molecule has 0 spiro atoms. The van der Waals surface area contributed by atoms with Crippen molar-refractivity contribution in [1.82, 2.24) is 20.3 Å². The van der Waals surface area contributed by atoms with Gasteiger partial charge in [-0.05, 0) is 43.3 Å². The van der Waals surface area contributed by atoms with Gasteiger partial charge >= 0.3 is 0 Å². The van der Waals surface area contributed by atoms with Crippen molar-refractivity contribution in [3.8, 4) is 11.3 Å². The highest BCUT2D eigenvalue weighted by molar-refractivity contribution is 5.76. The molecule has 3 heterocycles. The molecule has 0 unspecified atom stereocenters. The van der Waals surface area contributed by atoms with Gasteiger partial charge < -0.3 is 14.7 Å². The fourth-order valence-corrected chi connectivity index (χ4v) is 5.25. The first-order chi connectivity index (χ1) is 16.7. The van der Waals surface area contributed by atoms with Crippen LogP contribution in [0.3, 0.4) is 0 Å². The Bertz CT molecular complexity index is 1040. The van der Waals surface area contributed by atoms with Crippen LogP contribution in [0.4, 0.5) is 0 Å². The van der Waals surface area contributed by atoms with E-state index in [1.165, 1.54) is 5.56 Å². The quantitative estimate of drug-likeness (QED) is 0.583. The van der Waals surface area contributed by atoms with E-state index in [4.69, 9.17) is 4.52 Å². The first-order valence-electron chi connectivity index (χ1n) is 12.5. The van der Waals surface area contributed by atoms with Crippen LogP contribution in [0.15, 0.2) is 71.3 Å². The molecular weight excluding hydrogens is 424 g/mol. The van der Waals surface area contributed by atoms with E-state index in [2.05, 4.69) is 56.7 Å². The number of rotatable bonds is 7. The number of nitrogens with one attached hydrogen (secondary N) is 1. The Morgan fingerprint density at radius 2 is 1.71 bits per heavy atom. The van der Waals surface area contributed by atoms with E-state index >= 15 is 0 Å². The lowest BCUT2D eigenvalue weighted by atomic mass is 9.81. The summed E-state index contributed by atoms with van der Waals surface area (Å²) in [6.45, 7) is 6.40. The summed E-state index contributed by atoms with van der Waals surface area (Å²) in [5, 5.41) is 7.84. The molecule has 0 radical (unpaired) electrons. The van der Waals surface area contributed by atoms with E-state index in [0.29, 0.717) is 24.2 Å². The van der Waals surface area contributed by atoms with Crippen LogP contribution in [0.5, 0.6) is 0 Å². The van der Waals surface area contributed by atoms with Crippen LogP contribution in [-0.4, -0.2) is 60.1 Å². The SMILES string of the molecule is O=C(C[C@H]1CCNC[C@@H]1Cc1cc(-c2ccccc2)on1)N1CCN(Cc2ccccc2)CC1. The van der Waals surface area contributed by atoms with Crippen LogP contribution >= 0.6 is 0 Å². The minimum absolute atomic E-state index is 0.307. The monoisotopic (exact) mass is 458 g/mol. The molecule has 5 rings (SSSR count). The Hall–Kier alpha value is -2.96. The molecule has 6 heteroatoms. The number of piperazine rings is 1. The van der Waals surface area contributed by atoms with Gasteiger partial charge in [-0.25, -0.2) is 0 Å². The summed E-state index contributed by atoms with van der Waals surface area (Å²) in [6.07, 6.45) is 2.51. The van der Waals surface area contributed by atoms with Gasteiger partial charge in [-0.15, -0.1) is 0 Å². The fourth-order valence-electron chi connectivity index (χ4n) is 5.25. The summed E-state index contributed by atoms with van der Waals surface area (Å²) in [5.74, 6) is 1.89. The first-order valence-corrected chi connectivity index (χ1v) is 12.5. The lowest BCUT2D eigenvalue weighted by molar-refractivity contribution is -0.134. The average Bonchev–Trinajstić information content (AvgIpc) is 3.35. The Labute approximate surface area is 201 Å². The normalized spacial score (nSPS) is 21.5. The molecule has 1 N–H and O–H groups in total. The number of nitrogens with zero attached hydrogens (tertiary/aromatic N) is 3. The highest BCUT2D eigenvalue weighted by atomic mass is 16.5. The molecule has 2 atom stereocenters. The van der Waals surface area contributed by atoms with Gasteiger partial charge in [0.05, 0.1) is 5.69 Å². The van der Waals surface area contributed by atoms with Crippen LogP contribution in [0.2, 0.25) is 0 Å². The Morgan fingerprint density at radius 1 is 0.971 bits per heavy atom. The minimum Gasteiger partial charge on any atom is -0.356 e. The molecule has 3 aromatic rings. The number of carbonyl (C=O) groups excluding carboxylic acids is 1. The molecule has 2 aliphatic heterocycles. The number of hydrogen-bond acceptors (Lipinski definition) is 5. The van der Waals surface area contributed by atoms with Crippen molar-refractivity contribution in [3.63, 3.8) is 0 Å². The van der Waals surface area contributed by atoms with E-state index in [0.717, 1.165) is 75.7 Å². The second-order valence-corrected chi connectivity index (χ2v) is 9.61. The van der Waals surface area contributed by atoms with Crippen molar-refractivity contribution < 1.29 is 9.32 Å². The number of carbonyl (C=O) groups is 1. The van der Waals surface area contributed by atoms with Crippen molar-refractivity contribution in [2.75, 3.05) is 39.3 Å². The smallest absolute Gasteiger partial charge is 0.222 e. The van der Waals surface area contributed by atoms with Crippen LogP contribution in [0, 0.1) is 11.8 Å². The van der Waals surface area contributed by atoms with E-state index in [-0.39, 0.29) is 0 Å². The van der Waals surface area contributed by atoms with Gasteiger partial charge in [0.2, 0.25) is 5.91 Å². The number of amides is 1. The number of aromatic nitrogens is 1. The van der Waals surface area contributed by atoms with Gasteiger partial charge in [-0.2, -0.15) is 0 Å². The lowest BCUT2D eigenvalue weighted by Crippen LogP contribution is -2.49. The average molecular weight is 459 g/mol. The van der Waals surface area contributed by atoms with Crippen molar-refractivity contribution >= 4 is 5.91 Å². The third kappa shape index (κ3) is 5.75. The maximum absolute atomic E-state index is 13.2. The summed E-state index contributed by atoms with van der Waals surface area (Å²) >= 11 is 0. The van der Waals surface area contributed by atoms with Crippen molar-refractivity contribution in [1.29, 1.82) is 0 Å². The molecule has 34 heavy (non-hydrogen) atoms. The maximum atomic E-state index is 13.2. The molecule has 6 nitrogen and oxygen atoms in total. The molecule has 0 aliphatic carbocycles. The molecule has 2 aliphatic rings. The molecule has 0 bridgehead atoms. The predicted octanol–water partition coefficient (Wildman–Crippen LogP) is 3.84. The van der Waals surface area contributed by atoms with Crippen LogP contribution in [-0.2, 0) is 17.8 Å². The number of benzene rings is 2. The zero-order chi connectivity index (χ0) is 23.2. The maximum Gasteiger partial charge on any atom is 0.222 e. The van der Waals surface area contributed by atoms with Gasteiger partial charge in [0.1, 0.15) is 0 Å². The molecular formula is C28H34N4O2. The van der Waals surface area contributed by atoms with Gasteiger partial charge in [-0.3, -0.25) is 9.69 Å². The van der Waals surface area contributed by atoms with Gasteiger partial charge in [-0.1, -0.05) is 65.8 Å². The van der Waals surface area contributed by atoms with E-state index in [1.807, 2.05) is 30.3 Å². The molecule has 178 valence electrons. The summed E-state index contributed by atoms with van der Waals surface area (Å²) in [6, 6.07) is 22.7. The number of piperidine rings is 1. The summed E-state index contributed by atoms with van der Waals surface area (Å²) in [4.78, 5) is 17.7. The zero-order valence-corrected chi connectivity index (χ0v) is 19.7. The van der Waals surface area contributed by atoms with Crippen molar-refractivity contribution in [3.05, 3.63) is 78.0 Å². The van der Waals surface area contributed by atoms with E-state index in [9.17, 15) is 4.79 Å². The third-order valence-electron chi connectivity index (χ3n) is 7.26. The van der Waals surface area contributed by atoms with E-state index in [1.54, 1.807) is 0 Å². The van der Waals surface area contributed by atoms with Gasteiger partial charge in [0, 0.05) is 50.8 Å². The van der Waals surface area contributed by atoms with Gasteiger partial charge in [0.25, 0.3) is 0 Å². The second-order valence-electron chi connectivity index (χ2n) is 9.61. The fraction of sp³-hybridized carbons (Fsp3) is 0.429. The lowest BCUT2D eigenvalue weighted by Gasteiger charge is -2.37. The Kier molecular flexibility index (Phi) is 7.37. The molecule has 2 saturated heterocycles. The molecule has 2 fully saturated rings. The Balaban J connectivity index is 1.14. The third-order valence-corrected chi connectivity index (χ3v) is 7.26. The highest BCUT2D eigenvalue weighted by Crippen LogP contribution is 2.28. The largest absolute Gasteiger partial charge is 0.356 e. The summed E-state index contributed by atoms with van der Waals surface area (Å²) < 4.78 is 5.61. The highest BCUT2D eigenvalue weighted by Gasteiger charge is 2.30. The van der Waals surface area contributed by atoms with Crippen LogP contribution < -0.4 is 5.32 Å². The standard InChI is InChI=1S/C28H34N4O2/c33-28(32-15-13-31(14-16-32)21-22-7-3-1-4-8-22)18-24-11-12-29-20-25(24)17-26-19-27(34-30-26)23-9-5-2-6-10-23/h1-10,19,24-25,29H,11-18,20-21H2/t24-,25+/m1/s1. The van der Waals surface area contributed by atoms with Crippen molar-refractivity contribution in [2.45, 2.75) is 25.8 Å². The Morgan fingerprint density at radius 3 is 2.47 bits per heavy atom. The second kappa shape index (κ2) is 11.0. The summed E-state index contributed by atoms with van der Waals surface area (Å²) in [5.41, 5.74) is 3.35. The van der Waals surface area contributed by atoms with Crippen LogP contribution in [0.1, 0.15) is 24.1 Å². The minimum atomic E-state index is 0.307. The zero-order valence-electron chi connectivity index (χ0n) is 19.7. The van der Waals surface area contributed by atoms with E-state index < -0.39 is 0 Å². The first kappa shape index (κ1) is 22.8. The molecule has 2 aromatic carbocycles. The molecule has 1 amide bonds. The number of hydrogen-bond donors (Lipinski definition) is 1. The topological polar surface area (TPSA) is 61.6 Å². The predicted molar refractivity (Wildman–Crippen MR) is 133 cm³/mol. The van der Waals surface area contributed by atoms with Crippen LogP contribution in [0.25, 0.3) is 11.3 Å². The molecule has 1 aromatic heterocycles.